The van der Waals surface area contributed by atoms with Crippen molar-refractivity contribution < 1.29 is 0 Å². The predicted octanol–water partition coefficient (Wildman–Crippen LogP) is 11.1. The van der Waals surface area contributed by atoms with Crippen molar-refractivity contribution in [2.75, 3.05) is 4.90 Å². The molecule has 0 bridgehead atoms. The average molecular weight is 528 g/mol. The van der Waals surface area contributed by atoms with Crippen LogP contribution < -0.4 is 4.90 Å². The lowest BCUT2D eigenvalue weighted by atomic mass is 9.82. The third-order valence-corrected chi connectivity index (χ3v) is 8.64. The largest absolute Gasteiger partial charge is 0.310 e. The quantitative estimate of drug-likeness (QED) is 0.215. The van der Waals surface area contributed by atoms with E-state index in [-0.39, 0.29) is 5.41 Å². The first-order valence-corrected chi connectivity index (χ1v) is 14.4. The van der Waals surface area contributed by atoms with Gasteiger partial charge in [-0.1, -0.05) is 129 Å². The highest BCUT2D eigenvalue weighted by molar-refractivity contribution is 5.90. The number of hydrogen-bond donors (Lipinski definition) is 0. The summed E-state index contributed by atoms with van der Waals surface area (Å²) in [5, 5.41) is 0. The number of anilines is 3. The van der Waals surface area contributed by atoms with Gasteiger partial charge in [-0.3, -0.25) is 0 Å². The molecule has 0 saturated carbocycles. The summed E-state index contributed by atoms with van der Waals surface area (Å²) in [4.78, 5) is 2.42. The normalized spacial score (nSPS) is 13.0. The average Bonchev–Trinajstić information content (AvgIpc) is 3.25. The fourth-order valence-corrected chi connectivity index (χ4v) is 6.48. The molecule has 41 heavy (non-hydrogen) atoms. The van der Waals surface area contributed by atoms with Crippen molar-refractivity contribution in [3.63, 3.8) is 0 Å². The van der Waals surface area contributed by atoms with Gasteiger partial charge in [-0.2, -0.15) is 0 Å². The van der Waals surface area contributed by atoms with Gasteiger partial charge in [0.1, 0.15) is 0 Å². The Hall–Kier alpha value is -4.88. The predicted molar refractivity (Wildman–Crippen MR) is 174 cm³/mol. The SMILES string of the molecule is Cc1ccccc1-c1ccc(N(c2ccc3c(c2)C(C)(C)c2ccccc2-3)c2ccccc2-c2ccccc2)cc1. The molecule has 1 nitrogen and oxygen atoms in total. The zero-order valence-electron chi connectivity index (χ0n) is 23.8. The van der Waals surface area contributed by atoms with Crippen LogP contribution in [0.4, 0.5) is 17.1 Å². The van der Waals surface area contributed by atoms with Crippen molar-refractivity contribution in [3.05, 3.63) is 162 Å². The minimum atomic E-state index is -0.0682. The lowest BCUT2D eigenvalue weighted by Gasteiger charge is -2.30. The van der Waals surface area contributed by atoms with Gasteiger partial charge in [0.05, 0.1) is 5.69 Å². The van der Waals surface area contributed by atoms with Crippen LogP contribution in [0.5, 0.6) is 0 Å². The maximum absolute atomic E-state index is 2.42. The third kappa shape index (κ3) is 4.26. The highest BCUT2D eigenvalue weighted by Gasteiger charge is 2.35. The Balaban J connectivity index is 1.41. The molecule has 6 aromatic rings. The van der Waals surface area contributed by atoms with Crippen LogP contribution in [-0.4, -0.2) is 0 Å². The van der Waals surface area contributed by atoms with Gasteiger partial charge < -0.3 is 4.90 Å². The minimum absolute atomic E-state index is 0.0682. The molecule has 0 heterocycles. The van der Waals surface area contributed by atoms with Crippen LogP contribution in [-0.2, 0) is 5.41 Å². The second-order valence-electron chi connectivity index (χ2n) is 11.5. The molecule has 0 fully saturated rings. The fourth-order valence-electron chi connectivity index (χ4n) is 6.48. The number of aryl methyl sites for hydroxylation is 1. The second-order valence-corrected chi connectivity index (χ2v) is 11.5. The van der Waals surface area contributed by atoms with E-state index in [1.807, 2.05) is 0 Å². The van der Waals surface area contributed by atoms with Crippen LogP contribution in [0.3, 0.4) is 0 Å². The molecule has 0 spiro atoms. The zero-order chi connectivity index (χ0) is 28.0. The van der Waals surface area contributed by atoms with Crippen LogP contribution >= 0.6 is 0 Å². The molecule has 0 atom stereocenters. The lowest BCUT2D eigenvalue weighted by Crippen LogP contribution is -2.16. The molecule has 0 aromatic heterocycles. The summed E-state index contributed by atoms with van der Waals surface area (Å²) < 4.78 is 0. The van der Waals surface area contributed by atoms with Gasteiger partial charge in [0.25, 0.3) is 0 Å². The van der Waals surface area contributed by atoms with E-state index in [9.17, 15) is 0 Å². The Morgan fingerprint density at radius 2 is 1.00 bits per heavy atom. The molecule has 0 radical (unpaired) electrons. The number of nitrogens with zero attached hydrogens (tertiary/aromatic N) is 1. The molecule has 1 aliphatic rings. The van der Waals surface area contributed by atoms with Crippen LogP contribution in [0.2, 0.25) is 0 Å². The fraction of sp³-hybridized carbons (Fsp3) is 0.100. The summed E-state index contributed by atoms with van der Waals surface area (Å²) in [5.41, 5.74) is 15.0. The Morgan fingerprint density at radius 3 is 1.76 bits per heavy atom. The molecule has 1 heteroatoms. The van der Waals surface area contributed by atoms with E-state index in [0.717, 1.165) is 17.1 Å². The van der Waals surface area contributed by atoms with Gasteiger partial charge in [-0.05, 0) is 81.8 Å². The van der Waals surface area contributed by atoms with E-state index in [4.69, 9.17) is 0 Å². The molecule has 0 saturated heterocycles. The monoisotopic (exact) mass is 527 g/mol. The minimum Gasteiger partial charge on any atom is -0.310 e. The molecule has 0 amide bonds. The molecule has 7 rings (SSSR count). The van der Waals surface area contributed by atoms with Crippen molar-refractivity contribution in [2.24, 2.45) is 0 Å². The van der Waals surface area contributed by atoms with Crippen LogP contribution in [0.25, 0.3) is 33.4 Å². The Kier molecular flexibility index (Phi) is 6.09. The molecule has 1 aliphatic carbocycles. The van der Waals surface area contributed by atoms with Crippen molar-refractivity contribution >= 4 is 17.1 Å². The smallest absolute Gasteiger partial charge is 0.0540 e. The van der Waals surface area contributed by atoms with Crippen molar-refractivity contribution in [1.82, 2.24) is 0 Å². The standard InChI is InChI=1S/C40H33N/c1-28-13-7-8-16-33(28)30-21-23-31(24-22-30)41(39-20-12-10-17-34(39)29-14-5-4-6-15-29)32-25-26-36-35-18-9-11-19-37(35)40(2,3)38(36)27-32/h4-27H,1-3H3. The molecule has 198 valence electrons. The van der Waals surface area contributed by atoms with Gasteiger partial charge in [-0.25, -0.2) is 0 Å². The molecular formula is C40H33N. The first-order valence-electron chi connectivity index (χ1n) is 14.4. The molecule has 0 N–H and O–H groups in total. The van der Waals surface area contributed by atoms with Crippen LogP contribution in [0.1, 0.15) is 30.5 Å². The van der Waals surface area contributed by atoms with Gasteiger partial charge in [0.2, 0.25) is 0 Å². The lowest BCUT2D eigenvalue weighted by molar-refractivity contribution is 0.660. The Morgan fingerprint density at radius 1 is 0.439 bits per heavy atom. The van der Waals surface area contributed by atoms with Crippen LogP contribution in [0, 0.1) is 6.92 Å². The van der Waals surface area contributed by atoms with Crippen molar-refractivity contribution in [3.8, 4) is 33.4 Å². The summed E-state index contributed by atoms with van der Waals surface area (Å²) in [5.74, 6) is 0. The summed E-state index contributed by atoms with van der Waals surface area (Å²) in [6, 6.07) is 52.9. The number of benzene rings is 6. The van der Waals surface area contributed by atoms with Crippen LogP contribution in [0.15, 0.2) is 146 Å². The molecule has 0 unspecified atom stereocenters. The van der Waals surface area contributed by atoms with E-state index >= 15 is 0 Å². The Bertz CT molecular complexity index is 1860. The zero-order valence-corrected chi connectivity index (χ0v) is 23.8. The molecule has 6 aromatic carbocycles. The van der Waals surface area contributed by atoms with E-state index in [0.29, 0.717) is 0 Å². The van der Waals surface area contributed by atoms with Crippen molar-refractivity contribution in [1.29, 1.82) is 0 Å². The maximum atomic E-state index is 2.42. The van der Waals surface area contributed by atoms with Gasteiger partial charge >= 0.3 is 0 Å². The summed E-state index contributed by atoms with van der Waals surface area (Å²) in [7, 11) is 0. The molecular weight excluding hydrogens is 494 g/mol. The highest BCUT2D eigenvalue weighted by atomic mass is 15.1. The summed E-state index contributed by atoms with van der Waals surface area (Å²) >= 11 is 0. The Labute approximate surface area is 243 Å². The second kappa shape index (κ2) is 9.94. The third-order valence-electron chi connectivity index (χ3n) is 8.64. The van der Waals surface area contributed by atoms with Crippen molar-refractivity contribution in [2.45, 2.75) is 26.2 Å². The number of para-hydroxylation sites is 1. The van der Waals surface area contributed by atoms with Gasteiger partial charge in [-0.15, -0.1) is 0 Å². The highest BCUT2D eigenvalue weighted by Crippen LogP contribution is 2.51. The van der Waals surface area contributed by atoms with Gasteiger partial charge in [0, 0.05) is 22.4 Å². The van der Waals surface area contributed by atoms with Gasteiger partial charge in [0.15, 0.2) is 0 Å². The first-order chi connectivity index (χ1) is 20.0. The molecule has 0 aliphatic heterocycles. The number of hydrogen-bond acceptors (Lipinski definition) is 1. The van der Waals surface area contributed by atoms with E-state index in [1.165, 1.54) is 50.1 Å². The number of rotatable bonds is 5. The summed E-state index contributed by atoms with van der Waals surface area (Å²) in [6.45, 7) is 6.87. The van der Waals surface area contributed by atoms with E-state index < -0.39 is 0 Å². The van der Waals surface area contributed by atoms with E-state index in [2.05, 4.69) is 171 Å². The topological polar surface area (TPSA) is 3.24 Å². The first kappa shape index (κ1) is 25.1. The maximum Gasteiger partial charge on any atom is 0.0540 e. The van der Waals surface area contributed by atoms with E-state index in [1.54, 1.807) is 0 Å². The number of fused-ring (bicyclic) bond motifs is 3. The summed E-state index contributed by atoms with van der Waals surface area (Å²) in [6.07, 6.45) is 0.